The van der Waals surface area contributed by atoms with Gasteiger partial charge in [0.2, 0.25) is 0 Å². The first-order valence-corrected chi connectivity index (χ1v) is 18.4. The van der Waals surface area contributed by atoms with E-state index < -0.39 is 17.1 Å². The average Bonchev–Trinajstić information content (AvgIpc) is 2.80. The van der Waals surface area contributed by atoms with Gasteiger partial charge < -0.3 is 17.7 Å². The highest BCUT2D eigenvalue weighted by Crippen LogP contribution is 2.21. The van der Waals surface area contributed by atoms with Gasteiger partial charge in [-0.05, 0) is 75.8 Å². The van der Waals surface area contributed by atoms with Crippen LogP contribution in [0.1, 0.15) is 50.7 Å². The van der Waals surface area contributed by atoms with E-state index in [2.05, 4.69) is 43.4 Å². The molecule has 0 amide bonds. The maximum Gasteiger partial charge on any atom is 0.335 e. The van der Waals surface area contributed by atoms with E-state index in [0.29, 0.717) is 38.2 Å². The van der Waals surface area contributed by atoms with Gasteiger partial charge in [-0.2, -0.15) is 0 Å². The number of aryl methyl sites for hydroxylation is 1. The van der Waals surface area contributed by atoms with E-state index in [4.69, 9.17) is 40.9 Å². The Morgan fingerprint density at radius 1 is 0.727 bits per heavy atom. The molecule has 0 spiro atoms. The van der Waals surface area contributed by atoms with Gasteiger partial charge in [0.15, 0.2) is 0 Å². The van der Waals surface area contributed by atoms with Gasteiger partial charge in [-0.1, -0.05) is 42.8 Å². The number of rotatable bonds is 20. The van der Waals surface area contributed by atoms with Crippen LogP contribution in [0.25, 0.3) is 0 Å². The fourth-order valence-electron chi connectivity index (χ4n) is 3.67. The Balaban J connectivity index is 2.40. The molecule has 33 heavy (non-hydrogen) atoms. The molecule has 0 bridgehead atoms. The summed E-state index contributed by atoms with van der Waals surface area (Å²) in [7, 11) is -4.35. The largest absolute Gasteiger partial charge is 0.395 e. The van der Waals surface area contributed by atoms with E-state index in [0.717, 1.165) is 49.8 Å². The van der Waals surface area contributed by atoms with Crippen molar-refractivity contribution in [3.05, 3.63) is 47.5 Å². The molecule has 1 rings (SSSR count). The van der Waals surface area contributed by atoms with E-state index in [1.807, 2.05) is 19.9 Å². The summed E-state index contributed by atoms with van der Waals surface area (Å²) in [6.45, 7) is 11.1. The molecule has 0 aliphatic heterocycles. The van der Waals surface area contributed by atoms with Crippen LogP contribution in [0.15, 0.2) is 36.4 Å². The summed E-state index contributed by atoms with van der Waals surface area (Å²) in [4.78, 5) is 0. The lowest BCUT2D eigenvalue weighted by atomic mass is 10.1. The number of allylic oxidation sites excluding steroid dienone is 2. The lowest BCUT2D eigenvalue weighted by Crippen LogP contribution is -2.41. The van der Waals surface area contributed by atoms with Crippen molar-refractivity contribution in [3.8, 4) is 0 Å². The number of benzene rings is 1. The monoisotopic (exact) mass is 534 g/mol. The Bertz CT molecular complexity index is 648. The Kier molecular flexibility index (Phi) is 16.9. The second-order valence-corrected chi connectivity index (χ2v) is 15.8. The van der Waals surface area contributed by atoms with E-state index in [1.54, 1.807) is 0 Å². The molecule has 0 aliphatic carbocycles. The Morgan fingerprint density at radius 2 is 1.30 bits per heavy atom. The van der Waals surface area contributed by atoms with E-state index >= 15 is 0 Å². The lowest BCUT2D eigenvalue weighted by Gasteiger charge is -2.28. The quantitative estimate of drug-likeness (QED) is 0.0747. The highest BCUT2D eigenvalue weighted by Gasteiger charge is 2.32. The molecule has 0 radical (unpaired) electrons. The van der Waals surface area contributed by atoms with Crippen molar-refractivity contribution in [3.63, 3.8) is 0 Å². The molecular formula is C25H44Cl2O4Si2. The van der Waals surface area contributed by atoms with Gasteiger partial charge in [-0.25, -0.2) is 0 Å². The molecule has 0 heterocycles. The highest BCUT2D eigenvalue weighted by molar-refractivity contribution is 6.66. The van der Waals surface area contributed by atoms with E-state index in [-0.39, 0.29) is 0 Å². The fraction of sp³-hybridized carbons (Fsp3) is 0.680. The predicted molar refractivity (Wildman–Crippen MR) is 146 cm³/mol. The van der Waals surface area contributed by atoms with Gasteiger partial charge in [0.25, 0.3) is 0 Å². The molecule has 0 N–H and O–H groups in total. The standard InChI is InChI=1S/C25H44Cl2O4Si2/c1-5-28-32(3,21-11-9-7-8-10-18-26)30-19-12-20-31-33(4,29-6-2)22-17-24-13-15-25(23-27)16-14-24/h8,10,13-16H,5-7,9,11-12,17-23H2,1-4H3/b10-8+. The third-order valence-corrected chi connectivity index (χ3v) is 11.9. The summed E-state index contributed by atoms with van der Waals surface area (Å²) in [6, 6.07) is 10.4. The van der Waals surface area contributed by atoms with Crippen LogP contribution < -0.4 is 0 Å². The van der Waals surface area contributed by atoms with Crippen LogP contribution in [0, 0.1) is 0 Å². The average molecular weight is 536 g/mol. The van der Waals surface area contributed by atoms with Gasteiger partial charge in [-0.15, -0.1) is 23.2 Å². The number of unbranched alkanes of at least 4 members (excludes halogenated alkanes) is 2. The zero-order chi connectivity index (χ0) is 24.4. The maximum atomic E-state index is 6.32. The predicted octanol–water partition coefficient (Wildman–Crippen LogP) is 7.57. The second kappa shape index (κ2) is 18.1. The van der Waals surface area contributed by atoms with Crippen molar-refractivity contribution in [1.82, 2.24) is 0 Å². The zero-order valence-corrected chi connectivity index (χ0v) is 24.6. The molecule has 0 saturated heterocycles. The molecule has 190 valence electrons. The van der Waals surface area contributed by atoms with Crippen LogP contribution in [0.3, 0.4) is 0 Å². The third kappa shape index (κ3) is 14.1. The normalized spacial score (nSPS) is 15.6. The smallest absolute Gasteiger partial charge is 0.335 e. The molecular weight excluding hydrogens is 491 g/mol. The van der Waals surface area contributed by atoms with Gasteiger partial charge in [0.1, 0.15) is 0 Å². The third-order valence-electron chi connectivity index (χ3n) is 5.56. The summed E-state index contributed by atoms with van der Waals surface area (Å²) in [6.07, 6.45) is 9.29. The van der Waals surface area contributed by atoms with Crippen LogP contribution in [0.5, 0.6) is 0 Å². The first kappa shape index (κ1) is 30.8. The molecule has 8 heteroatoms. The maximum absolute atomic E-state index is 6.32. The topological polar surface area (TPSA) is 36.9 Å². The Labute approximate surface area is 214 Å². The number of hydrogen-bond donors (Lipinski definition) is 0. The summed E-state index contributed by atoms with van der Waals surface area (Å²) < 4.78 is 24.8. The van der Waals surface area contributed by atoms with Crippen molar-refractivity contribution < 1.29 is 17.7 Å². The summed E-state index contributed by atoms with van der Waals surface area (Å²) >= 11 is 11.6. The Morgan fingerprint density at radius 3 is 1.85 bits per heavy atom. The van der Waals surface area contributed by atoms with Crippen LogP contribution >= 0.6 is 23.2 Å². The molecule has 0 aromatic heterocycles. The summed E-state index contributed by atoms with van der Waals surface area (Å²) in [5.74, 6) is 1.14. The van der Waals surface area contributed by atoms with Crippen LogP contribution in [-0.2, 0) is 30.0 Å². The summed E-state index contributed by atoms with van der Waals surface area (Å²) in [5.41, 5.74) is 2.44. The van der Waals surface area contributed by atoms with Crippen molar-refractivity contribution in [2.75, 3.05) is 32.3 Å². The van der Waals surface area contributed by atoms with Gasteiger partial charge in [-0.3, -0.25) is 0 Å². The first-order valence-electron chi connectivity index (χ1n) is 12.3. The van der Waals surface area contributed by atoms with Crippen molar-refractivity contribution in [1.29, 1.82) is 0 Å². The fourth-order valence-corrected chi connectivity index (χ4v) is 8.73. The number of hydrogen-bond acceptors (Lipinski definition) is 4. The molecule has 1 aromatic rings. The molecule has 1 aromatic carbocycles. The number of alkyl halides is 2. The van der Waals surface area contributed by atoms with Crippen LogP contribution in [-0.4, -0.2) is 49.4 Å². The van der Waals surface area contributed by atoms with Crippen LogP contribution in [0.2, 0.25) is 25.2 Å². The molecule has 0 saturated carbocycles. The Hall–Kier alpha value is -0.186. The SMILES string of the molecule is CCO[Si](C)(CCCC/C=C/CCl)OCCCO[Si](C)(CCc1ccc(CCl)cc1)OCC. The molecule has 4 nitrogen and oxygen atoms in total. The molecule has 2 atom stereocenters. The van der Waals surface area contributed by atoms with Gasteiger partial charge >= 0.3 is 17.1 Å². The van der Waals surface area contributed by atoms with Crippen LogP contribution in [0.4, 0.5) is 0 Å². The first-order chi connectivity index (χ1) is 15.9. The van der Waals surface area contributed by atoms with E-state index in [9.17, 15) is 0 Å². The van der Waals surface area contributed by atoms with Crippen molar-refractivity contribution >= 4 is 40.3 Å². The highest BCUT2D eigenvalue weighted by atomic mass is 35.5. The van der Waals surface area contributed by atoms with Gasteiger partial charge in [0.05, 0.1) is 0 Å². The zero-order valence-electron chi connectivity index (χ0n) is 21.0. The molecule has 0 fully saturated rings. The minimum absolute atomic E-state index is 0.550. The van der Waals surface area contributed by atoms with Gasteiger partial charge in [0, 0.05) is 38.2 Å². The molecule has 2 unspecified atom stereocenters. The van der Waals surface area contributed by atoms with Crippen molar-refractivity contribution in [2.24, 2.45) is 0 Å². The summed E-state index contributed by atoms with van der Waals surface area (Å²) in [5, 5.41) is 0. The molecule has 0 aliphatic rings. The lowest BCUT2D eigenvalue weighted by molar-refractivity contribution is 0.144. The minimum Gasteiger partial charge on any atom is -0.395 e. The van der Waals surface area contributed by atoms with E-state index in [1.165, 1.54) is 5.56 Å². The second-order valence-electron chi connectivity index (χ2n) is 8.51. The van der Waals surface area contributed by atoms with Crippen molar-refractivity contribution in [2.45, 2.75) is 77.0 Å². The minimum atomic E-state index is -2.22. The number of halogens is 2.